The summed E-state index contributed by atoms with van der Waals surface area (Å²) in [6, 6.07) is 12.1. The molecule has 2 saturated heterocycles. The van der Waals surface area contributed by atoms with Crippen molar-refractivity contribution in [1.29, 1.82) is 0 Å². The fourth-order valence-electron chi connectivity index (χ4n) is 4.78. The summed E-state index contributed by atoms with van der Waals surface area (Å²) in [5.41, 5.74) is 1.25. The van der Waals surface area contributed by atoms with E-state index in [0.717, 1.165) is 24.2 Å². The molecule has 2 aliphatic rings. The number of furan rings is 1. The third-order valence-electron chi connectivity index (χ3n) is 6.62. The highest BCUT2D eigenvalue weighted by Gasteiger charge is 2.40. The Morgan fingerprint density at radius 1 is 1.09 bits per heavy atom. The van der Waals surface area contributed by atoms with E-state index in [0.29, 0.717) is 37.9 Å². The molecule has 2 aromatic carbocycles. The molecule has 0 aliphatic carbocycles. The molecular formula is C26H28FNO6S. The fourth-order valence-corrected chi connectivity index (χ4v) is 6.41. The van der Waals surface area contributed by atoms with E-state index in [4.69, 9.17) is 13.9 Å². The van der Waals surface area contributed by atoms with Crippen LogP contribution in [0.1, 0.15) is 37.7 Å². The van der Waals surface area contributed by atoms with Crippen LogP contribution in [-0.2, 0) is 26.0 Å². The molecule has 2 aliphatic heterocycles. The molecule has 0 unspecified atom stereocenters. The van der Waals surface area contributed by atoms with Gasteiger partial charge in [0, 0.05) is 37.3 Å². The van der Waals surface area contributed by atoms with E-state index in [9.17, 15) is 17.6 Å². The normalized spacial score (nSPS) is 19.9. The third kappa shape index (κ3) is 5.27. The van der Waals surface area contributed by atoms with E-state index in [-0.39, 0.29) is 35.5 Å². The van der Waals surface area contributed by atoms with Gasteiger partial charge in [0.1, 0.15) is 23.3 Å². The first-order chi connectivity index (χ1) is 16.9. The molecule has 0 spiro atoms. The molecule has 7 nitrogen and oxygen atoms in total. The number of carbonyl (C=O) groups is 1. The zero-order valence-electron chi connectivity index (χ0n) is 19.3. The first kappa shape index (κ1) is 24.0. The van der Waals surface area contributed by atoms with Crippen molar-refractivity contribution < 1.29 is 31.5 Å². The van der Waals surface area contributed by atoms with Crippen molar-refractivity contribution in [3.63, 3.8) is 0 Å². The van der Waals surface area contributed by atoms with Gasteiger partial charge in [0.15, 0.2) is 5.78 Å². The summed E-state index contributed by atoms with van der Waals surface area (Å²) in [6.07, 6.45) is 3.64. The highest BCUT2D eigenvalue weighted by molar-refractivity contribution is 7.89. The van der Waals surface area contributed by atoms with Gasteiger partial charge < -0.3 is 13.9 Å². The summed E-state index contributed by atoms with van der Waals surface area (Å²) in [5, 5.41) is 0.101. The minimum Gasteiger partial charge on any atom is -0.490 e. The lowest BCUT2D eigenvalue weighted by Crippen LogP contribution is -2.40. The van der Waals surface area contributed by atoms with Gasteiger partial charge in [0.05, 0.1) is 19.3 Å². The highest BCUT2D eigenvalue weighted by Crippen LogP contribution is 2.31. The van der Waals surface area contributed by atoms with E-state index >= 15 is 0 Å². The minimum atomic E-state index is -4.02. The Kier molecular flexibility index (Phi) is 6.91. The number of ether oxygens (including phenoxy) is 2. The second-order valence-electron chi connectivity index (χ2n) is 9.06. The van der Waals surface area contributed by atoms with Gasteiger partial charge in [-0.25, -0.2) is 12.8 Å². The fraction of sp³-hybridized carbons (Fsp3) is 0.423. The van der Waals surface area contributed by atoms with E-state index in [1.54, 1.807) is 0 Å². The van der Waals surface area contributed by atoms with Gasteiger partial charge in [-0.05, 0) is 55.2 Å². The second kappa shape index (κ2) is 10.1. The number of fused-ring (bicyclic) bond motifs is 1. The van der Waals surface area contributed by atoms with E-state index in [1.165, 1.54) is 28.6 Å². The van der Waals surface area contributed by atoms with Crippen LogP contribution >= 0.6 is 0 Å². The van der Waals surface area contributed by atoms with Crippen molar-refractivity contribution >= 4 is 26.8 Å². The van der Waals surface area contributed by atoms with Crippen molar-refractivity contribution in [2.24, 2.45) is 0 Å². The quantitative estimate of drug-likeness (QED) is 0.452. The first-order valence-corrected chi connectivity index (χ1v) is 13.4. The van der Waals surface area contributed by atoms with Gasteiger partial charge in [-0.15, -0.1) is 0 Å². The maximum Gasteiger partial charge on any atom is 0.277 e. The molecule has 0 N–H and O–H groups in total. The summed E-state index contributed by atoms with van der Waals surface area (Å²) in [4.78, 5) is 13.1. The highest BCUT2D eigenvalue weighted by atomic mass is 32.2. The zero-order valence-corrected chi connectivity index (χ0v) is 20.1. The molecule has 2 fully saturated rings. The number of aryl methyl sites for hydroxylation is 1. The van der Waals surface area contributed by atoms with Gasteiger partial charge in [0.25, 0.3) is 10.0 Å². The lowest BCUT2D eigenvalue weighted by Gasteiger charge is -2.23. The van der Waals surface area contributed by atoms with E-state index < -0.39 is 21.9 Å². The van der Waals surface area contributed by atoms with Gasteiger partial charge in [-0.2, -0.15) is 4.31 Å². The molecule has 9 heteroatoms. The number of carbonyl (C=O) groups excluding carboxylic acids is 1. The minimum absolute atomic E-state index is 0.121. The maximum absolute atomic E-state index is 13.5. The average Bonchev–Trinajstić information content (AvgIpc) is 3.51. The second-order valence-corrected chi connectivity index (χ2v) is 10.9. The van der Waals surface area contributed by atoms with Crippen LogP contribution in [0.25, 0.3) is 11.0 Å². The molecule has 5 rings (SSSR count). The number of Topliss-reactive ketones (excluding diaryl/α,β-unsaturated/α-hetero) is 1. The Balaban J connectivity index is 1.25. The van der Waals surface area contributed by atoms with E-state index in [1.807, 2.05) is 24.3 Å². The van der Waals surface area contributed by atoms with Gasteiger partial charge >= 0.3 is 0 Å². The van der Waals surface area contributed by atoms with Crippen molar-refractivity contribution in [1.82, 2.24) is 4.31 Å². The zero-order chi connectivity index (χ0) is 24.4. The summed E-state index contributed by atoms with van der Waals surface area (Å²) in [7, 11) is -4.02. The van der Waals surface area contributed by atoms with E-state index in [2.05, 4.69) is 0 Å². The predicted molar refractivity (Wildman–Crippen MR) is 127 cm³/mol. The van der Waals surface area contributed by atoms with Crippen molar-refractivity contribution in [2.45, 2.75) is 55.8 Å². The smallest absolute Gasteiger partial charge is 0.277 e. The van der Waals surface area contributed by atoms with Crippen LogP contribution in [0, 0.1) is 5.82 Å². The maximum atomic E-state index is 13.5. The summed E-state index contributed by atoms with van der Waals surface area (Å²) < 4.78 is 58.2. The number of benzene rings is 2. The van der Waals surface area contributed by atoms with Crippen molar-refractivity contribution in [3.05, 3.63) is 59.9 Å². The Labute approximate surface area is 203 Å². The Bertz CT molecular complexity index is 1310. The number of ketones is 1. The number of sulfonamides is 1. The van der Waals surface area contributed by atoms with Gasteiger partial charge in [0.2, 0.25) is 5.09 Å². The Hall–Kier alpha value is -2.75. The summed E-state index contributed by atoms with van der Waals surface area (Å²) in [5.74, 6) is 0.177. The molecule has 1 atom stereocenters. The number of halogens is 1. The first-order valence-electron chi connectivity index (χ1n) is 12.0. The molecule has 0 saturated carbocycles. The van der Waals surface area contributed by atoms with Crippen LogP contribution in [0.3, 0.4) is 0 Å². The molecule has 0 amide bonds. The Morgan fingerprint density at radius 2 is 1.91 bits per heavy atom. The number of hydrogen-bond donors (Lipinski definition) is 0. The standard InChI is InChI=1S/C26H28FNO6S/c27-20-7-9-25-19(16-20)17-26(34-25)35(30,31)28-12-2-5-23(28)24(29)8-6-18-3-1-4-22(15-18)33-21-10-13-32-14-11-21/h1,3-4,7,9,15-17,21,23H,2,5-6,8,10-14H2/t23-/m0/s1. The average molecular weight is 502 g/mol. The van der Waals surface area contributed by atoms with Crippen molar-refractivity contribution in [3.8, 4) is 5.75 Å². The summed E-state index contributed by atoms with van der Waals surface area (Å²) >= 11 is 0. The monoisotopic (exact) mass is 501 g/mol. The predicted octanol–water partition coefficient (Wildman–Crippen LogP) is 4.48. The molecular weight excluding hydrogens is 473 g/mol. The molecule has 3 heterocycles. The Morgan fingerprint density at radius 3 is 2.74 bits per heavy atom. The third-order valence-corrected chi connectivity index (χ3v) is 8.39. The molecule has 0 radical (unpaired) electrons. The molecule has 35 heavy (non-hydrogen) atoms. The number of hydrogen-bond acceptors (Lipinski definition) is 6. The largest absolute Gasteiger partial charge is 0.490 e. The van der Waals surface area contributed by atoms with Crippen LogP contribution in [0.2, 0.25) is 0 Å². The van der Waals surface area contributed by atoms with Crippen LogP contribution < -0.4 is 4.74 Å². The van der Waals surface area contributed by atoms with Crippen LogP contribution in [0.4, 0.5) is 4.39 Å². The number of nitrogens with zero attached hydrogens (tertiary/aromatic N) is 1. The molecule has 0 bridgehead atoms. The van der Waals surface area contributed by atoms with Gasteiger partial charge in [-0.3, -0.25) is 4.79 Å². The number of rotatable bonds is 8. The van der Waals surface area contributed by atoms with Crippen LogP contribution in [-0.4, -0.2) is 50.4 Å². The molecule has 1 aromatic heterocycles. The lowest BCUT2D eigenvalue weighted by molar-refractivity contribution is -0.122. The molecule has 3 aromatic rings. The lowest BCUT2D eigenvalue weighted by atomic mass is 10.0. The van der Waals surface area contributed by atoms with Crippen molar-refractivity contribution in [2.75, 3.05) is 19.8 Å². The van der Waals surface area contributed by atoms with Crippen LogP contribution in [0.5, 0.6) is 5.75 Å². The topological polar surface area (TPSA) is 86.0 Å². The van der Waals surface area contributed by atoms with Gasteiger partial charge in [-0.1, -0.05) is 12.1 Å². The summed E-state index contributed by atoms with van der Waals surface area (Å²) in [6.45, 7) is 1.65. The SMILES string of the molecule is O=C(CCc1cccc(OC2CCOCC2)c1)[C@@H]1CCCN1S(=O)(=O)c1cc2cc(F)ccc2o1. The molecule has 186 valence electrons. The van der Waals surface area contributed by atoms with Crippen LogP contribution in [0.15, 0.2) is 58.0 Å².